The molecule has 0 saturated carbocycles. The van der Waals surface area contributed by atoms with Crippen LogP contribution in [0.25, 0.3) is 0 Å². The van der Waals surface area contributed by atoms with Crippen LogP contribution in [0.4, 0.5) is 26.0 Å². The maximum Gasteiger partial charge on any atom is 0.261 e. The van der Waals surface area contributed by atoms with Crippen LogP contribution in [0.15, 0.2) is 59.6 Å². The van der Waals surface area contributed by atoms with Gasteiger partial charge in [-0.3, -0.25) is 14.3 Å². The first-order valence-corrected chi connectivity index (χ1v) is 11.6. The number of anilines is 3. The molecule has 0 spiro atoms. The maximum absolute atomic E-state index is 15.0. The lowest BCUT2D eigenvalue weighted by atomic mass is 10.0. The Morgan fingerprint density at radius 2 is 1.62 bits per heavy atom. The van der Waals surface area contributed by atoms with Gasteiger partial charge in [0.25, 0.3) is 15.9 Å². The third kappa shape index (κ3) is 5.73. The van der Waals surface area contributed by atoms with E-state index in [0.717, 1.165) is 17.7 Å². The fraction of sp³-hybridized carbons (Fsp3) is 0.174. The number of pyridine rings is 1. The molecule has 2 aromatic carbocycles. The first-order chi connectivity index (χ1) is 16.0. The summed E-state index contributed by atoms with van der Waals surface area (Å²) in [6.07, 6.45) is 1.19. The summed E-state index contributed by atoms with van der Waals surface area (Å²) in [5, 5.41) is 4.73. The van der Waals surface area contributed by atoms with Gasteiger partial charge in [-0.1, -0.05) is 26.0 Å². The molecule has 0 saturated heterocycles. The van der Waals surface area contributed by atoms with Gasteiger partial charge in [-0.25, -0.2) is 22.2 Å². The molecule has 0 aliphatic heterocycles. The van der Waals surface area contributed by atoms with Crippen molar-refractivity contribution in [3.63, 3.8) is 0 Å². The summed E-state index contributed by atoms with van der Waals surface area (Å²) in [5.41, 5.74) is -0.528. The minimum atomic E-state index is -4.20. The normalized spacial score (nSPS) is 11.2. The first kappa shape index (κ1) is 24.8. The Labute approximate surface area is 195 Å². The third-order valence-electron chi connectivity index (χ3n) is 4.75. The lowest BCUT2D eigenvalue weighted by molar-refractivity contribution is -0.114. The highest BCUT2D eigenvalue weighted by molar-refractivity contribution is 7.92. The highest BCUT2D eigenvalue weighted by Gasteiger charge is 2.24. The second kappa shape index (κ2) is 9.96. The molecule has 178 valence electrons. The number of hydrogen-bond acceptors (Lipinski definition) is 5. The summed E-state index contributed by atoms with van der Waals surface area (Å²) >= 11 is 0. The third-order valence-corrected chi connectivity index (χ3v) is 6.13. The number of carbonyl (C=O) groups excluding carboxylic acids is 2. The van der Waals surface area contributed by atoms with Crippen LogP contribution >= 0.6 is 0 Å². The molecular formula is C23H22F2N4O4S. The van der Waals surface area contributed by atoms with Crippen molar-refractivity contribution in [3.8, 4) is 0 Å². The van der Waals surface area contributed by atoms with Gasteiger partial charge in [-0.2, -0.15) is 0 Å². The van der Waals surface area contributed by atoms with E-state index in [1.807, 2.05) is 13.8 Å². The zero-order valence-electron chi connectivity index (χ0n) is 18.5. The predicted octanol–water partition coefficient (Wildman–Crippen LogP) is 4.49. The van der Waals surface area contributed by atoms with Gasteiger partial charge in [0.2, 0.25) is 5.91 Å². The highest BCUT2D eigenvalue weighted by Crippen LogP contribution is 2.26. The number of benzene rings is 2. The van der Waals surface area contributed by atoms with Crippen LogP contribution in [-0.4, -0.2) is 25.2 Å². The van der Waals surface area contributed by atoms with Gasteiger partial charge in [0.05, 0.1) is 22.5 Å². The lowest BCUT2D eigenvalue weighted by Crippen LogP contribution is -2.19. The molecule has 0 aliphatic rings. The summed E-state index contributed by atoms with van der Waals surface area (Å²) in [6.45, 7) is 5.20. The van der Waals surface area contributed by atoms with Crippen molar-refractivity contribution in [1.29, 1.82) is 0 Å². The zero-order chi connectivity index (χ0) is 25.0. The number of rotatable bonds is 7. The Morgan fingerprint density at radius 3 is 2.18 bits per heavy atom. The van der Waals surface area contributed by atoms with Crippen LogP contribution in [-0.2, 0) is 14.8 Å². The molecule has 1 aromatic heterocycles. The summed E-state index contributed by atoms with van der Waals surface area (Å²) in [7, 11) is -4.20. The van der Waals surface area contributed by atoms with Gasteiger partial charge in [-0.05, 0) is 47.9 Å². The number of nitrogens with one attached hydrogen (secondary N) is 3. The minimum absolute atomic E-state index is 0.106. The van der Waals surface area contributed by atoms with E-state index in [2.05, 4.69) is 20.3 Å². The molecule has 0 radical (unpaired) electrons. The standard InChI is InChI=1S/C23H22F2N4O4S/c1-13(2)15-4-7-17(8-5-15)34(32,33)29-19-10-9-18(24)21(22(19)25)23(31)28-16-6-11-20(26-12-16)27-14(3)30/h4-13,29H,1-3H3,(H,28,31)(H,26,27,30). The molecule has 0 fully saturated rings. The highest BCUT2D eigenvalue weighted by atomic mass is 32.2. The van der Waals surface area contributed by atoms with Crippen LogP contribution in [0.1, 0.15) is 42.6 Å². The molecular weight excluding hydrogens is 466 g/mol. The SMILES string of the molecule is CC(=O)Nc1ccc(NC(=O)c2c(F)ccc(NS(=O)(=O)c3ccc(C(C)C)cc3)c2F)cn1. The quantitative estimate of drug-likeness (QED) is 0.453. The fourth-order valence-electron chi connectivity index (χ4n) is 2.99. The van der Waals surface area contributed by atoms with Crippen LogP contribution in [0, 0.1) is 11.6 Å². The van der Waals surface area contributed by atoms with Gasteiger partial charge >= 0.3 is 0 Å². The molecule has 11 heteroatoms. The van der Waals surface area contributed by atoms with Crippen molar-refractivity contribution in [2.75, 3.05) is 15.4 Å². The Bertz CT molecular complexity index is 1330. The van der Waals surface area contributed by atoms with E-state index in [0.29, 0.717) is 0 Å². The summed E-state index contributed by atoms with van der Waals surface area (Å²) in [5.74, 6) is -3.63. The predicted molar refractivity (Wildman–Crippen MR) is 124 cm³/mol. The molecule has 3 aromatic rings. The van der Waals surface area contributed by atoms with Crippen molar-refractivity contribution in [2.24, 2.45) is 0 Å². The van der Waals surface area contributed by atoms with Gasteiger partial charge in [0, 0.05) is 6.92 Å². The maximum atomic E-state index is 15.0. The van der Waals surface area contributed by atoms with E-state index in [1.54, 1.807) is 12.1 Å². The average molecular weight is 489 g/mol. The largest absolute Gasteiger partial charge is 0.320 e. The average Bonchev–Trinajstić information content (AvgIpc) is 2.77. The molecule has 8 nitrogen and oxygen atoms in total. The topological polar surface area (TPSA) is 117 Å². The Morgan fingerprint density at radius 1 is 0.941 bits per heavy atom. The van der Waals surface area contributed by atoms with Crippen LogP contribution < -0.4 is 15.4 Å². The Balaban J connectivity index is 1.83. The van der Waals surface area contributed by atoms with E-state index in [9.17, 15) is 22.4 Å². The number of aromatic nitrogens is 1. The summed E-state index contributed by atoms with van der Waals surface area (Å²) < 4.78 is 56.8. The zero-order valence-corrected chi connectivity index (χ0v) is 19.3. The molecule has 0 bridgehead atoms. The fourth-order valence-corrected chi connectivity index (χ4v) is 4.05. The number of amides is 2. The van der Waals surface area contributed by atoms with Crippen molar-refractivity contribution >= 4 is 39.0 Å². The molecule has 0 aliphatic carbocycles. The van der Waals surface area contributed by atoms with Crippen LogP contribution in [0.3, 0.4) is 0 Å². The van der Waals surface area contributed by atoms with Crippen molar-refractivity contribution in [1.82, 2.24) is 4.98 Å². The molecule has 0 unspecified atom stereocenters. The summed E-state index contributed by atoms with van der Waals surface area (Å²) in [6, 6.07) is 10.5. The van der Waals surface area contributed by atoms with Gasteiger partial charge < -0.3 is 10.6 Å². The number of nitrogens with zero attached hydrogens (tertiary/aromatic N) is 1. The van der Waals surface area contributed by atoms with E-state index < -0.39 is 38.8 Å². The smallest absolute Gasteiger partial charge is 0.261 e. The first-order valence-electron chi connectivity index (χ1n) is 10.1. The monoisotopic (exact) mass is 488 g/mol. The van der Waals surface area contributed by atoms with Crippen molar-refractivity contribution in [3.05, 3.63) is 77.5 Å². The van der Waals surface area contributed by atoms with Gasteiger partial charge in [0.1, 0.15) is 17.2 Å². The molecule has 0 atom stereocenters. The van der Waals surface area contributed by atoms with Crippen LogP contribution in [0.5, 0.6) is 0 Å². The van der Waals surface area contributed by atoms with Crippen molar-refractivity contribution < 1.29 is 26.8 Å². The number of halogens is 2. The molecule has 1 heterocycles. The van der Waals surface area contributed by atoms with E-state index in [4.69, 9.17) is 0 Å². The lowest BCUT2D eigenvalue weighted by Gasteiger charge is -2.13. The molecule has 34 heavy (non-hydrogen) atoms. The Hall–Kier alpha value is -3.86. The number of sulfonamides is 1. The van der Waals surface area contributed by atoms with E-state index >= 15 is 4.39 Å². The van der Waals surface area contributed by atoms with E-state index in [1.165, 1.54) is 37.4 Å². The molecule has 3 rings (SSSR count). The van der Waals surface area contributed by atoms with Gasteiger partial charge in [-0.15, -0.1) is 0 Å². The van der Waals surface area contributed by atoms with Crippen LogP contribution in [0.2, 0.25) is 0 Å². The van der Waals surface area contributed by atoms with E-state index in [-0.39, 0.29) is 28.2 Å². The second-order valence-electron chi connectivity index (χ2n) is 7.68. The second-order valence-corrected chi connectivity index (χ2v) is 9.36. The van der Waals surface area contributed by atoms with Gasteiger partial charge in [0.15, 0.2) is 5.82 Å². The summed E-state index contributed by atoms with van der Waals surface area (Å²) in [4.78, 5) is 27.4. The Kier molecular flexibility index (Phi) is 7.26. The number of carbonyl (C=O) groups is 2. The minimum Gasteiger partial charge on any atom is -0.320 e. The molecule has 2 amide bonds. The molecule has 3 N–H and O–H groups in total. The number of hydrogen-bond donors (Lipinski definition) is 3. The van der Waals surface area contributed by atoms with Crippen molar-refractivity contribution in [2.45, 2.75) is 31.6 Å².